The summed E-state index contributed by atoms with van der Waals surface area (Å²) in [6, 6.07) is 6.09. The van der Waals surface area contributed by atoms with E-state index >= 15 is 0 Å². The third-order valence-electron chi connectivity index (χ3n) is 3.36. The zero-order valence-corrected chi connectivity index (χ0v) is 11.5. The van der Waals surface area contributed by atoms with Crippen molar-refractivity contribution in [1.82, 2.24) is 9.88 Å². The van der Waals surface area contributed by atoms with Crippen LogP contribution < -0.4 is 9.64 Å². The highest BCUT2D eigenvalue weighted by atomic mass is 32.1. The van der Waals surface area contributed by atoms with Crippen LogP contribution in [0.1, 0.15) is 0 Å². The van der Waals surface area contributed by atoms with E-state index in [1.54, 1.807) is 18.4 Å². The molecule has 2 aromatic rings. The highest BCUT2D eigenvalue weighted by molar-refractivity contribution is 7.22. The number of ether oxygens (including phenoxy) is 1. The monoisotopic (exact) mass is 263 g/mol. The number of nitrogens with zero attached hydrogens (tertiary/aromatic N) is 3. The fourth-order valence-electron chi connectivity index (χ4n) is 2.16. The molecule has 3 rings (SSSR count). The van der Waals surface area contributed by atoms with Crippen LogP contribution in [0.15, 0.2) is 18.2 Å². The lowest BCUT2D eigenvalue weighted by atomic mass is 10.3. The summed E-state index contributed by atoms with van der Waals surface area (Å²) in [7, 11) is 3.86. The van der Waals surface area contributed by atoms with Gasteiger partial charge in [0.1, 0.15) is 5.75 Å². The first kappa shape index (κ1) is 11.7. The summed E-state index contributed by atoms with van der Waals surface area (Å²) in [6.07, 6.45) is 0. The predicted molar refractivity (Wildman–Crippen MR) is 75.9 cm³/mol. The maximum atomic E-state index is 5.24. The van der Waals surface area contributed by atoms with E-state index in [2.05, 4.69) is 22.9 Å². The van der Waals surface area contributed by atoms with Crippen LogP contribution in [0.4, 0.5) is 5.13 Å². The van der Waals surface area contributed by atoms with Crippen molar-refractivity contribution in [1.29, 1.82) is 0 Å². The number of aromatic nitrogens is 1. The van der Waals surface area contributed by atoms with Crippen molar-refractivity contribution in [2.24, 2.45) is 0 Å². The molecule has 0 unspecified atom stereocenters. The number of fused-ring (bicyclic) bond motifs is 1. The van der Waals surface area contributed by atoms with Gasteiger partial charge in [-0.3, -0.25) is 0 Å². The predicted octanol–water partition coefficient (Wildman–Crippen LogP) is 2.06. The van der Waals surface area contributed by atoms with E-state index in [4.69, 9.17) is 9.72 Å². The third-order valence-corrected chi connectivity index (χ3v) is 4.45. The molecule has 4 nitrogen and oxygen atoms in total. The van der Waals surface area contributed by atoms with E-state index < -0.39 is 0 Å². The van der Waals surface area contributed by atoms with Crippen molar-refractivity contribution < 1.29 is 4.74 Å². The molecule has 0 atom stereocenters. The zero-order chi connectivity index (χ0) is 12.5. The first-order valence-corrected chi connectivity index (χ1v) is 6.96. The molecular formula is C13H17N3OS. The normalized spacial score (nSPS) is 17.3. The molecule has 0 bridgehead atoms. The van der Waals surface area contributed by atoms with Gasteiger partial charge in [0.25, 0.3) is 0 Å². The van der Waals surface area contributed by atoms with E-state index in [-0.39, 0.29) is 0 Å². The summed E-state index contributed by atoms with van der Waals surface area (Å²) in [5, 5.41) is 1.13. The van der Waals surface area contributed by atoms with Gasteiger partial charge in [-0.2, -0.15) is 0 Å². The number of hydrogen-bond donors (Lipinski definition) is 0. The minimum absolute atomic E-state index is 0.873. The molecule has 5 heteroatoms. The van der Waals surface area contributed by atoms with Gasteiger partial charge in [-0.1, -0.05) is 11.3 Å². The van der Waals surface area contributed by atoms with Crippen molar-refractivity contribution in [3.63, 3.8) is 0 Å². The number of piperazine rings is 1. The molecular weight excluding hydrogens is 246 g/mol. The van der Waals surface area contributed by atoms with Crippen LogP contribution in [-0.4, -0.2) is 50.2 Å². The Bertz CT molecular complexity index is 546. The van der Waals surface area contributed by atoms with Crippen molar-refractivity contribution >= 4 is 26.7 Å². The van der Waals surface area contributed by atoms with Gasteiger partial charge in [0, 0.05) is 32.2 Å². The average Bonchev–Trinajstić information content (AvgIpc) is 2.82. The Morgan fingerprint density at radius 1 is 1.22 bits per heavy atom. The first-order chi connectivity index (χ1) is 8.76. The highest BCUT2D eigenvalue weighted by Crippen LogP contribution is 2.31. The van der Waals surface area contributed by atoms with Gasteiger partial charge in [0.2, 0.25) is 0 Å². The first-order valence-electron chi connectivity index (χ1n) is 6.14. The summed E-state index contributed by atoms with van der Waals surface area (Å²) >= 11 is 1.76. The lowest BCUT2D eigenvalue weighted by Crippen LogP contribution is -2.44. The van der Waals surface area contributed by atoms with E-state index in [0.717, 1.165) is 42.6 Å². The molecule has 18 heavy (non-hydrogen) atoms. The minimum atomic E-state index is 0.873. The molecule has 1 aliphatic heterocycles. The van der Waals surface area contributed by atoms with Gasteiger partial charge in [-0.05, 0) is 19.2 Å². The van der Waals surface area contributed by atoms with Gasteiger partial charge < -0.3 is 14.5 Å². The maximum Gasteiger partial charge on any atom is 0.186 e. The van der Waals surface area contributed by atoms with Crippen LogP contribution in [0.2, 0.25) is 0 Å². The number of methoxy groups -OCH3 is 1. The number of anilines is 1. The summed E-state index contributed by atoms with van der Waals surface area (Å²) in [6.45, 7) is 4.35. The SMILES string of the molecule is COc1ccc2sc(N3CCN(C)CC3)nc2c1. The standard InChI is InChI=1S/C13H17N3OS/c1-15-5-7-16(8-6-15)13-14-11-9-10(17-2)3-4-12(11)18-13/h3-4,9H,5-8H2,1-2H3. The van der Waals surface area contributed by atoms with E-state index in [0.29, 0.717) is 0 Å². The van der Waals surface area contributed by atoms with Crippen molar-refractivity contribution in [2.45, 2.75) is 0 Å². The van der Waals surface area contributed by atoms with Crippen LogP contribution in [0.5, 0.6) is 5.75 Å². The van der Waals surface area contributed by atoms with Gasteiger partial charge in [-0.25, -0.2) is 4.98 Å². The smallest absolute Gasteiger partial charge is 0.186 e. The van der Waals surface area contributed by atoms with Crippen LogP contribution in [0.3, 0.4) is 0 Å². The summed E-state index contributed by atoms with van der Waals surface area (Å²) in [5.74, 6) is 0.873. The Morgan fingerprint density at radius 3 is 2.72 bits per heavy atom. The highest BCUT2D eigenvalue weighted by Gasteiger charge is 2.17. The molecule has 1 aliphatic rings. The van der Waals surface area contributed by atoms with E-state index in [1.165, 1.54) is 4.70 Å². The second-order valence-corrected chi connectivity index (χ2v) is 5.63. The average molecular weight is 263 g/mol. The fraction of sp³-hybridized carbons (Fsp3) is 0.462. The molecule has 0 N–H and O–H groups in total. The van der Waals surface area contributed by atoms with Gasteiger partial charge in [0.15, 0.2) is 5.13 Å². The molecule has 0 amide bonds. The Balaban J connectivity index is 1.88. The molecule has 1 saturated heterocycles. The largest absolute Gasteiger partial charge is 0.497 e. The van der Waals surface area contributed by atoms with Gasteiger partial charge in [-0.15, -0.1) is 0 Å². The molecule has 1 aromatic carbocycles. The number of likely N-dealkylation sites (N-methyl/N-ethyl adjacent to an activating group) is 1. The topological polar surface area (TPSA) is 28.6 Å². The molecule has 1 aromatic heterocycles. The molecule has 0 spiro atoms. The number of benzene rings is 1. The summed E-state index contributed by atoms with van der Waals surface area (Å²) in [4.78, 5) is 9.44. The quantitative estimate of drug-likeness (QED) is 0.829. The number of rotatable bonds is 2. The zero-order valence-electron chi connectivity index (χ0n) is 10.7. The second-order valence-electron chi connectivity index (χ2n) is 4.62. The Labute approximate surface area is 111 Å². The van der Waals surface area contributed by atoms with E-state index in [1.807, 2.05) is 12.1 Å². The molecule has 0 aliphatic carbocycles. The number of hydrogen-bond acceptors (Lipinski definition) is 5. The maximum absolute atomic E-state index is 5.24. The van der Waals surface area contributed by atoms with E-state index in [9.17, 15) is 0 Å². The van der Waals surface area contributed by atoms with Gasteiger partial charge >= 0.3 is 0 Å². The summed E-state index contributed by atoms with van der Waals surface area (Å²) < 4.78 is 6.46. The van der Waals surface area contributed by atoms with Crippen LogP contribution in [0.25, 0.3) is 10.2 Å². The van der Waals surface area contributed by atoms with Crippen LogP contribution >= 0.6 is 11.3 Å². The van der Waals surface area contributed by atoms with Crippen molar-refractivity contribution in [3.05, 3.63) is 18.2 Å². The Hall–Kier alpha value is -1.33. The third kappa shape index (κ3) is 2.15. The van der Waals surface area contributed by atoms with Crippen LogP contribution in [-0.2, 0) is 0 Å². The molecule has 96 valence electrons. The molecule has 1 fully saturated rings. The second kappa shape index (κ2) is 4.74. The fourth-order valence-corrected chi connectivity index (χ4v) is 3.15. The number of thiazole rings is 1. The lowest BCUT2D eigenvalue weighted by molar-refractivity contribution is 0.313. The summed E-state index contributed by atoms with van der Waals surface area (Å²) in [5.41, 5.74) is 1.04. The van der Waals surface area contributed by atoms with Crippen LogP contribution in [0, 0.1) is 0 Å². The minimum Gasteiger partial charge on any atom is -0.497 e. The molecule has 0 radical (unpaired) electrons. The lowest BCUT2D eigenvalue weighted by Gasteiger charge is -2.31. The molecule has 2 heterocycles. The molecule has 0 saturated carbocycles. The van der Waals surface area contributed by atoms with Gasteiger partial charge in [0.05, 0.1) is 17.3 Å². The van der Waals surface area contributed by atoms with Crippen molar-refractivity contribution in [2.75, 3.05) is 45.2 Å². The van der Waals surface area contributed by atoms with Crippen molar-refractivity contribution in [3.8, 4) is 5.75 Å². The Morgan fingerprint density at radius 2 is 2.00 bits per heavy atom. The Kier molecular flexibility index (Phi) is 3.09.